The van der Waals surface area contributed by atoms with Crippen LogP contribution in [-0.4, -0.2) is 46.6 Å². The fraction of sp³-hybridized carbons (Fsp3) is 0.438. The Morgan fingerprint density at radius 3 is 2.55 bits per heavy atom. The average molecular weight is 298 g/mol. The van der Waals surface area contributed by atoms with Crippen LogP contribution in [0.4, 0.5) is 5.69 Å². The first-order valence-corrected chi connectivity index (χ1v) is 7.46. The average Bonchev–Trinajstić information content (AvgIpc) is 3.04. The minimum atomic E-state index is -0.530. The van der Waals surface area contributed by atoms with E-state index >= 15 is 0 Å². The predicted molar refractivity (Wildman–Crippen MR) is 81.9 cm³/mol. The summed E-state index contributed by atoms with van der Waals surface area (Å²) >= 11 is 0. The van der Waals surface area contributed by atoms with Gasteiger partial charge in [0.05, 0.1) is 28.8 Å². The molecular formula is C16H18N4O2. The van der Waals surface area contributed by atoms with Gasteiger partial charge in [-0.2, -0.15) is 15.2 Å². The van der Waals surface area contributed by atoms with Gasteiger partial charge in [0.1, 0.15) is 0 Å². The lowest BCUT2D eigenvalue weighted by Gasteiger charge is -2.35. The number of likely N-dealkylation sites (tertiary alicyclic amines) is 1. The number of hydrazone groups is 1. The van der Waals surface area contributed by atoms with Gasteiger partial charge in [0.2, 0.25) is 11.8 Å². The number of nitrogens with zero attached hydrogens (tertiary/aromatic N) is 4. The molecule has 2 saturated heterocycles. The maximum Gasteiger partial charge on any atom is 0.235 e. The van der Waals surface area contributed by atoms with Crippen LogP contribution in [-0.2, 0) is 9.59 Å². The zero-order valence-corrected chi connectivity index (χ0v) is 12.9. The quantitative estimate of drug-likeness (QED) is 0.729. The minimum Gasteiger partial charge on any atom is -0.285 e. The number of carbonyl (C=O) groups is 2. The van der Waals surface area contributed by atoms with E-state index < -0.39 is 5.54 Å². The van der Waals surface area contributed by atoms with Gasteiger partial charge in [0.15, 0.2) is 0 Å². The molecule has 0 bridgehead atoms. The zero-order valence-electron chi connectivity index (χ0n) is 12.9. The Labute approximate surface area is 129 Å². The normalized spacial score (nSPS) is 34.2. The fourth-order valence-electron chi connectivity index (χ4n) is 3.97. The van der Waals surface area contributed by atoms with Crippen molar-refractivity contribution < 1.29 is 9.59 Å². The molecule has 0 aromatic heterocycles. The molecule has 0 unspecified atom stereocenters. The highest BCUT2D eigenvalue weighted by Crippen LogP contribution is 2.49. The van der Waals surface area contributed by atoms with Crippen molar-refractivity contribution in [3.63, 3.8) is 0 Å². The van der Waals surface area contributed by atoms with E-state index in [1.165, 1.54) is 4.90 Å². The number of carbonyl (C=O) groups excluding carboxylic acids is 2. The van der Waals surface area contributed by atoms with Gasteiger partial charge in [-0.1, -0.05) is 18.2 Å². The van der Waals surface area contributed by atoms with Gasteiger partial charge in [0, 0.05) is 13.6 Å². The van der Waals surface area contributed by atoms with Gasteiger partial charge >= 0.3 is 0 Å². The van der Waals surface area contributed by atoms with Crippen molar-refractivity contribution >= 4 is 23.2 Å². The van der Waals surface area contributed by atoms with E-state index in [4.69, 9.17) is 0 Å². The van der Waals surface area contributed by atoms with Crippen LogP contribution in [0, 0.1) is 11.8 Å². The van der Waals surface area contributed by atoms with E-state index in [1.54, 1.807) is 7.05 Å². The Hall–Kier alpha value is -2.21. The Balaban J connectivity index is 1.79. The first-order chi connectivity index (χ1) is 10.5. The molecule has 6 heteroatoms. The summed E-state index contributed by atoms with van der Waals surface area (Å²) in [4.78, 5) is 26.2. The molecule has 3 aliphatic heterocycles. The van der Waals surface area contributed by atoms with Crippen molar-refractivity contribution in [3.05, 3.63) is 30.3 Å². The molecular weight excluding hydrogens is 280 g/mol. The lowest BCUT2D eigenvalue weighted by atomic mass is 9.80. The summed E-state index contributed by atoms with van der Waals surface area (Å²) in [6.07, 6.45) is 0. The molecule has 22 heavy (non-hydrogen) atoms. The van der Waals surface area contributed by atoms with Crippen molar-refractivity contribution in [2.45, 2.75) is 19.4 Å². The second-order valence-corrected chi connectivity index (χ2v) is 6.36. The zero-order chi connectivity index (χ0) is 15.6. The molecule has 1 aromatic rings. The summed E-state index contributed by atoms with van der Waals surface area (Å²) in [6.45, 7) is 4.48. The minimum absolute atomic E-state index is 0.0774. The van der Waals surface area contributed by atoms with Gasteiger partial charge in [-0.15, -0.1) is 0 Å². The Morgan fingerprint density at radius 2 is 1.86 bits per heavy atom. The third-order valence-corrected chi connectivity index (χ3v) is 5.35. The first-order valence-electron chi connectivity index (χ1n) is 7.46. The summed E-state index contributed by atoms with van der Waals surface area (Å²) in [6, 6.07) is 9.82. The maximum atomic E-state index is 12.5. The molecule has 4 rings (SSSR count). The predicted octanol–water partition coefficient (Wildman–Crippen LogP) is 1.10. The second kappa shape index (κ2) is 4.16. The van der Waals surface area contributed by atoms with Crippen molar-refractivity contribution in [3.8, 4) is 0 Å². The number of rotatable bonds is 1. The molecule has 2 amide bonds. The maximum absolute atomic E-state index is 12.5. The Bertz CT molecular complexity index is 701. The Kier molecular flexibility index (Phi) is 2.55. The number of hydrogen-bond donors (Lipinski definition) is 0. The molecule has 6 nitrogen and oxygen atoms in total. The van der Waals surface area contributed by atoms with Gasteiger partial charge < -0.3 is 0 Å². The van der Waals surface area contributed by atoms with Gasteiger partial charge in [0.25, 0.3) is 0 Å². The van der Waals surface area contributed by atoms with E-state index in [0.29, 0.717) is 6.54 Å². The standard InChI is InChI=1S/C16H18N4O2/c1-10-16(2)13-12(14(21)18(3)15(13)22)9-19(16)20(17-10)11-7-5-4-6-8-11/h4-8,12-13H,9H2,1-3H3/t12-,13+,16+/m1/s1. The highest BCUT2D eigenvalue weighted by molar-refractivity contribution is 6.10. The lowest BCUT2D eigenvalue weighted by molar-refractivity contribution is -0.139. The summed E-state index contributed by atoms with van der Waals surface area (Å²) < 4.78 is 0. The molecule has 1 aromatic carbocycles. The van der Waals surface area contributed by atoms with Gasteiger partial charge in [-0.3, -0.25) is 14.5 Å². The lowest BCUT2D eigenvalue weighted by Crippen LogP contribution is -2.53. The van der Waals surface area contributed by atoms with E-state index in [0.717, 1.165) is 11.4 Å². The molecule has 0 saturated carbocycles. The highest BCUT2D eigenvalue weighted by Gasteiger charge is 2.66. The van der Waals surface area contributed by atoms with E-state index in [9.17, 15) is 9.59 Å². The van der Waals surface area contributed by atoms with Crippen LogP contribution in [0.15, 0.2) is 35.4 Å². The largest absolute Gasteiger partial charge is 0.285 e. The topological polar surface area (TPSA) is 56.2 Å². The molecule has 0 aliphatic carbocycles. The second-order valence-electron chi connectivity index (χ2n) is 6.36. The van der Waals surface area contributed by atoms with Crippen LogP contribution in [0.5, 0.6) is 0 Å². The summed E-state index contributed by atoms with van der Waals surface area (Å²) in [5, 5.41) is 8.56. The number of hydrazine groups is 1. The number of benzene rings is 1. The molecule has 2 fully saturated rings. The van der Waals surface area contributed by atoms with Crippen LogP contribution >= 0.6 is 0 Å². The summed E-state index contributed by atoms with van der Waals surface area (Å²) in [5.41, 5.74) is 1.29. The van der Waals surface area contributed by atoms with Crippen LogP contribution in [0.1, 0.15) is 13.8 Å². The number of fused-ring (bicyclic) bond motifs is 3. The SMILES string of the molecule is CC1=NN(c2ccccc2)N2C[C@H]3C(=O)N(C)C(=O)[C@H]3[C@]12C. The molecule has 3 heterocycles. The van der Waals surface area contributed by atoms with Crippen LogP contribution in [0.3, 0.4) is 0 Å². The highest BCUT2D eigenvalue weighted by atomic mass is 16.2. The fourth-order valence-corrected chi connectivity index (χ4v) is 3.97. The number of hydrogen-bond acceptors (Lipinski definition) is 5. The Morgan fingerprint density at radius 1 is 1.18 bits per heavy atom. The van der Waals surface area contributed by atoms with Gasteiger partial charge in [-0.05, 0) is 26.0 Å². The van der Waals surface area contributed by atoms with Crippen LogP contribution < -0.4 is 5.12 Å². The molecule has 0 spiro atoms. The van der Waals surface area contributed by atoms with Crippen molar-refractivity contribution in [2.75, 3.05) is 18.7 Å². The van der Waals surface area contributed by atoms with Crippen LogP contribution in [0.25, 0.3) is 0 Å². The van der Waals surface area contributed by atoms with E-state index in [1.807, 2.05) is 49.3 Å². The van der Waals surface area contributed by atoms with Crippen LogP contribution in [0.2, 0.25) is 0 Å². The van der Waals surface area contributed by atoms with Gasteiger partial charge in [-0.25, -0.2) is 0 Å². The third-order valence-electron chi connectivity index (χ3n) is 5.35. The monoisotopic (exact) mass is 298 g/mol. The smallest absolute Gasteiger partial charge is 0.235 e. The number of amides is 2. The molecule has 3 aliphatic rings. The third kappa shape index (κ3) is 1.40. The van der Waals surface area contributed by atoms with E-state index in [-0.39, 0.29) is 23.7 Å². The van der Waals surface area contributed by atoms with E-state index in [2.05, 4.69) is 10.1 Å². The number of anilines is 1. The summed E-state index contributed by atoms with van der Waals surface area (Å²) in [7, 11) is 1.58. The summed E-state index contributed by atoms with van der Waals surface area (Å²) in [5.74, 6) is -0.794. The first kappa shape index (κ1) is 13.5. The van der Waals surface area contributed by atoms with Crippen molar-refractivity contribution in [1.82, 2.24) is 9.91 Å². The molecule has 3 atom stereocenters. The molecule has 0 N–H and O–H groups in total. The van der Waals surface area contributed by atoms with Crippen molar-refractivity contribution in [2.24, 2.45) is 16.9 Å². The molecule has 114 valence electrons. The molecule has 0 radical (unpaired) electrons. The van der Waals surface area contributed by atoms with Crippen molar-refractivity contribution in [1.29, 1.82) is 0 Å². The number of imide groups is 1. The number of para-hydroxylation sites is 1.